The fraction of sp³-hybridized carbons (Fsp3) is 0.200. The van der Waals surface area contributed by atoms with Crippen LogP contribution in [0.1, 0.15) is 11.7 Å². The molecular formula is C15H15BrN2O2. The van der Waals surface area contributed by atoms with E-state index in [1.54, 1.807) is 19.3 Å². The molecule has 1 amide bonds. The Kier molecular flexibility index (Phi) is 4.87. The number of aromatic nitrogens is 1. The van der Waals surface area contributed by atoms with Gasteiger partial charge in [0.25, 0.3) is 5.91 Å². The molecule has 20 heavy (non-hydrogen) atoms. The molecule has 0 fully saturated rings. The molecule has 4 nitrogen and oxygen atoms in total. The summed E-state index contributed by atoms with van der Waals surface area (Å²) in [7, 11) is 3.21. The number of carbonyl (C=O) groups is 1. The Bertz CT molecular complexity index is 572. The number of likely N-dealkylation sites (N-methyl/N-ethyl adjacent to an activating group) is 1. The summed E-state index contributed by atoms with van der Waals surface area (Å²) in [5, 5.41) is 0. The highest BCUT2D eigenvalue weighted by molar-refractivity contribution is 9.10. The normalized spacial score (nSPS) is 11.9. The van der Waals surface area contributed by atoms with Crippen LogP contribution in [0.5, 0.6) is 0 Å². The van der Waals surface area contributed by atoms with Gasteiger partial charge in [0.2, 0.25) is 0 Å². The van der Waals surface area contributed by atoms with Crippen LogP contribution in [0.3, 0.4) is 0 Å². The van der Waals surface area contributed by atoms with Gasteiger partial charge >= 0.3 is 0 Å². The molecule has 1 aromatic carbocycles. The maximum atomic E-state index is 12.5. The number of carbonyl (C=O) groups excluding carboxylic acids is 1. The first-order valence-corrected chi connectivity index (χ1v) is 6.89. The van der Waals surface area contributed by atoms with Crippen LogP contribution in [0.2, 0.25) is 0 Å². The highest BCUT2D eigenvalue weighted by Gasteiger charge is 2.24. The lowest BCUT2D eigenvalue weighted by Crippen LogP contribution is -2.33. The van der Waals surface area contributed by atoms with Crippen LogP contribution in [0.15, 0.2) is 53.1 Å². The molecule has 5 heteroatoms. The molecule has 2 aromatic rings. The summed E-state index contributed by atoms with van der Waals surface area (Å²) in [5.74, 6) is 0.421. The molecule has 1 atom stereocenters. The van der Waals surface area contributed by atoms with Gasteiger partial charge in [-0.1, -0.05) is 30.3 Å². The molecule has 0 unspecified atom stereocenters. The van der Waals surface area contributed by atoms with Crippen LogP contribution >= 0.6 is 15.9 Å². The quantitative estimate of drug-likeness (QED) is 0.862. The van der Waals surface area contributed by atoms with Gasteiger partial charge in [-0.2, -0.15) is 0 Å². The first kappa shape index (κ1) is 14.7. The SMILES string of the molecule is CO[C@@H](C(=O)N(C)c1ccc(Br)cn1)c1ccccc1. The molecule has 2 rings (SSSR count). The van der Waals surface area contributed by atoms with Crippen LogP contribution in [0.25, 0.3) is 0 Å². The molecule has 104 valence electrons. The maximum absolute atomic E-state index is 12.5. The third-order valence-corrected chi connectivity index (χ3v) is 3.42. The van der Waals surface area contributed by atoms with E-state index in [9.17, 15) is 4.79 Å². The molecule has 0 saturated carbocycles. The summed E-state index contributed by atoms with van der Waals surface area (Å²) < 4.78 is 6.21. The first-order valence-electron chi connectivity index (χ1n) is 6.10. The van der Waals surface area contributed by atoms with Gasteiger partial charge in [-0.25, -0.2) is 4.98 Å². The molecule has 0 aliphatic rings. The number of methoxy groups -OCH3 is 1. The largest absolute Gasteiger partial charge is 0.367 e. The van der Waals surface area contributed by atoms with Crippen molar-refractivity contribution in [3.8, 4) is 0 Å². The lowest BCUT2D eigenvalue weighted by molar-refractivity contribution is -0.128. The monoisotopic (exact) mass is 334 g/mol. The fourth-order valence-corrected chi connectivity index (χ4v) is 2.10. The van der Waals surface area contributed by atoms with Crippen LogP contribution in [0.4, 0.5) is 5.82 Å². The van der Waals surface area contributed by atoms with E-state index in [1.165, 1.54) is 12.0 Å². The van der Waals surface area contributed by atoms with Gasteiger partial charge in [0.05, 0.1) is 0 Å². The van der Waals surface area contributed by atoms with E-state index in [0.717, 1.165) is 10.0 Å². The van der Waals surface area contributed by atoms with E-state index in [2.05, 4.69) is 20.9 Å². The van der Waals surface area contributed by atoms with Gasteiger partial charge in [-0.3, -0.25) is 9.69 Å². The van der Waals surface area contributed by atoms with Crippen LogP contribution in [-0.2, 0) is 9.53 Å². The van der Waals surface area contributed by atoms with Gasteiger partial charge in [0.1, 0.15) is 5.82 Å². The van der Waals surface area contributed by atoms with Gasteiger partial charge in [-0.15, -0.1) is 0 Å². The fourth-order valence-electron chi connectivity index (χ4n) is 1.86. The minimum absolute atomic E-state index is 0.159. The predicted molar refractivity (Wildman–Crippen MR) is 81.5 cm³/mol. The summed E-state index contributed by atoms with van der Waals surface area (Å²) in [6.07, 6.45) is 1.02. The number of pyridine rings is 1. The average Bonchev–Trinajstić information content (AvgIpc) is 2.49. The smallest absolute Gasteiger partial charge is 0.261 e. The van der Waals surface area contributed by atoms with E-state index in [0.29, 0.717) is 5.82 Å². The number of benzene rings is 1. The Morgan fingerprint density at radius 2 is 1.95 bits per heavy atom. The van der Waals surface area contributed by atoms with Gasteiger partial charge in [-0.05, 0) is 33.6 Å². The summed E-state index contributed by atoms with van der Waals surface area (Å²) in [4.78, 5) is 18.2. The van der Waals surface area contributed by atoms with Crippen molar-refractivity contribution >= 4 is 27.7 Å². The van der Waals surface area contributed by atoms with Crippen molar-refractivity contribution in [1.82, 2.24) is 4.98 Å². The number of hydrogen-bond donors (Lipinski definition) is 0. The third-order valence-electron chi connectivity index (χ3n) is 2.95. The molecule has 1 heterocycles. The highest BCUT2D eigenvalue weighted by atomic mass is 79.9. The zero-order chi connectivity index (χ0) is 14.5. The van der Waals surface area contributed by atoms with Crippen molar-refractivity contribution in [3.05, 3.63) is 58.7 Å². The van der Waals surface area contributed by atoms with E-state index < -0.39 is 6.10 Å². The van der Waals surface area contributed by atoms with Gasteiger partial charge < -0.3 is 4.74 Å². The Morgan fingerprint density at radius 1 is 1.25 bits per heavy atom. The lowest BCUT2D eigenvalue weighted by atomic mass is 10.1. The lowest BCUT2D eigenvalue weighted by Gasteiger charge is -2.22. The molecule has 0 aliphatic heterocycles. The number of rotatable bonds is 4. The number of hydrogen-bond acceptors (Lipinski definition) is 3. The summed E-state index contributed by atoms with van der Waals surface area (Å²) in [6, 6.07) is 13.0. The second-order valence-corrected chi connectivity index (χ2v) is 5.17. The minimum Gasteiger partial charge on any atom is -0.367 e. The Labute approximate surface area is 126 Å². The summed E-state index contributed by atoms with van der Waals surface area (Å²) in [6.45, 7) is 0. The number of amides is 1. The standard InChI is InChI=1S/C15H15BrN2O2/c1-18(13-9-8-12(16)10-17-13)15(19)14(20-2)11-6-4-3-5-7-11/h3-10,14H,1-2H3/t14-/m1/s1. The first-order chi connectivity index (χ1) is 9.63. The van der Waals surface area contributed by atoms with Gasteiger partial charge in [0, 0.05) is 24.8 Å². The number of halogens is 1. The van der Waals surface area contributed by atoms with Crippen molar-refractivity contribution in [3.63, 3.8) is 0 Å². The van der Waals surface area contributed by atoms with Crippen LogP contribution in [0, 0.1) is 0 Å². The average molecular weight is 335 g/mol. The molecule has 0 spiro atoms. The summed E-state index contributed by atoms with van der Waals surface area (Å²) >= 11 is 3.32. The molecule has 0 aliphatic carbocycles. The Morgan fingerprint density at radius 3 is 2.50 bits per heavy atom. The highest BCUT2D eigenvalue weighted by Crippen LogP contribution is 2.22. The molecule has 0 N–H and O–H groups in total. The number of nitrogens with zero attached hydrogens (tertiary/aromatic N) is 2. The maximum Gasteiger partial charge on any atom is 0.261 e. The van der Waals surface area contributed by atoms with E-state index >= 15 is 0 Å². The second-order valence-electron chi connectivity index (χ2n) is 4.26. The van der Waals surface area contributed by atoms with Gasteiger partial charge in [0.15, 0.2) is 6.10 Å². The van der Waals surface area contributed by atoms with Crippen molar-refractivity contribution < 1.29 is 9.53 Å². The zero-order valence-electron chi connectivity index (χ0n) is 11.3. The predicted octanol–water partition coefficient (Wildman–Crippen LogP) is 3.19. The molecular weight excluding hydrogens is 320 g/mol. The van der Waals surface area contributed by atoms with Crippen molar-refractivity contribution in [1.29, 1.82) is 0 Å². The van der Waals surface area contributed by atoms with Crippen molar-refractivity contribution in [2.24, 2.45) is 0 Å². The van der Waals surface area contributed by atoms with Crippen LogP contribution < -0.4 is 4.90 Å². The van der Waals surface area contributed by atoms with Crippen LogP contribution in [-0.4, -0.2) is 25.0 Å². The Balaban J connectivity index is 2.22. The minimum atomic E-state index is -0.633. The molecule has 0 saturated heterocycles. The third kappa shape index (κ3) is 3.23. The number of anilines is 1. The topological polar surface area (TPSA) is 42.4 Å². The van der Waals surface area contributed by atoms with Crippen molar-refractivity contribution in [2.45, 2.75) is 6.10 Å². The number of ether oxygens (including phenoxy) is 1. The van der Waals surface area contributed by atoms with Crippen molar-refractivity contribution in [2.75, 3.05) is 19.1 Å². The Hall–Kier alpha value is -1.72. The van der Waals surface area contributed by atoms with E-state index in [1.807, 2.05) is 36.4 Å². The summed E-state index contributed by atoms with van der Waals surface area (Å²) in [5.41, 5.74) is 0.823. The molecule has 1 aromatic heterocycles. The molecule has 0 radical (unpaired) electrons. The molecule has 0 bridgehead atoms. The van der Waals surface area contributed by atoms with E-state index in [-0.39, 0.29) is 5.91 Å². The van der Waals surface area contributed by atoms with E-state index in [4.69, 9.17) is 4.74 Å². The zero-order valence-corrected chi connectivity index (χ0v) is 12.9. The second kappa shape index (κ2) is 6.63.